The van der Waals surface area contributed by atoms with Gasteiger partial charge in [0.05, 0.1) is 11.1 Å². The zero-order valence-electron chi connectivity index (χ0n) is 14.6. The summed E-state index contributed by atoms with van der Waals surface area (Å²) in [5.74, 6) is -0.434. The molecule has 0 atom stereocenters. The zero-order valence-corrected chi connectivity index (χ0v) is 14.6. The Morgan fingerprint density at radius 1 is 0.857 bits per heavy atom. The maximum atomic E-state index is 11.0. The van der Waals surface area contributed by atoms with Crippen molar-refractivity contribution in [3.63, 3.8) is 0 Å². The van der Waals surface area contributed by atoms with Gasteiger partial charge in [0, 0.05) is 29.2 Å². The molecule has 0 unspecified atom stereocenters. The molecule has 0 bridgehead atoms. The van der Waals surface area contributed by atoms with Gasteiger partial charge >= 0.3 is 5.97 Å². The monoisotopic (exact) mass is 369 g/mol. The highest BCUT2D eigenvalue weighted by molar-refractivity contribution is 5.99. The minimum absolute atomic E-state index is 0.238. The number of aromatic nitrogens is 2. The maximum Gasteiger partial charge on any atom is 0.335 e. The molecule has 0 saturated heterocycles. The molecule has 4 aromatic rings. The predicted octanol–water partition coefficient (Wildman–Crippen LogP) is 5.49. The van der Waals surface area contributed by atoms with Gasteiger partial charge in [0.25, 0.3) is 0 Å². The fourth-order valence-electron chi connectivity index (χ4n) is 2.72. The van der Waals surface area contributed by atoms with Crippen LogP contribution in [0.5, 0.6) is 0 Å². The van der Waals surface area contributed by atoms with Crippen molar-refractivity contribution < 1.29 is 9.90 Å². The molecule has 7 heteroatoms. The van der Waals surface area contributed by atoms with Crippen molar-refractivity contribution in [1.29, 1.82) is 0 Å². The van der Waals surface area contributed by atoms with E-state index in [1.807, 2.05) is 36.4 Å². The molecule has 0 radical (unpaired) electrons. The topological polar surface area (TPSA) is 99.8 Å². The summed E-state index contributed by atoms with van der Waals surface area (Å²) in [6.45, 7) is 0. The van der Waals surface area contributed by atoms with Crippen LogP contribution in [0.2, 0.25) is 0 Å². The lowest BCUT2D eigenvalue weighted by molar-refractivity contribution is 0.0697. The smallest absolute Gasteiger partial charge is 0.335 e. The molecule has 0 aliphatic carbocycles. The third kappa shape index (κ3) is 3.68. The standard InChI is InChI=1S/C21H15N5O2/c27-21(28)14-6-8-15(9-7-14)24-17-10-11-18(20-16(17)4-3-13-23-20)25-26-19-5-1-2-12-22-19/h1-13,24H,(H,27,28)/b26-25+. The molecule has 2 aromatic heterocycles. The highest BCUT2D eigenvalue weighted by Gasteiger charge is 2.08. The average Bonchev–Trinajstić information content (AvgIpc) is 2.74. The van der Waals surface area contributed by atoms with Crippen LogP contribution in [0, 0.1) is 0 Å². The Bertz CT molecular complexity index is 1160. The highest BCUT2D eigenvalue weighted by Crippen LogP contribution is 2.32. The molecule has 2 heterocycles. The molecule has 28 heavy (non-hydrogen) atoms. The van der Waals surface area contributed by atoms with Crippen molar-refractivity contribution in [2.75, 3.05) is 5.32 Å². The Labute approximate surface area is 160 Å². The fourth-order valence-corrected chi connectivity index (χ4v) is 2.72. The minimum Gasteiger partial charge on any atom is -0.478 e. The Hall–Kier alpha value is -4.13. The summed E-state index contributed by atoms with van der Waals surface area (Å²) in [5, 5.41) is 21.6. The molecule has 0 amide bonds. The summed E-state index contributed by atoms with van der Waals surface area (Å²) in [4.78, 5) is 19.6. The van der Waals surface area contributed by atoms with E-state index in [1.165, 1.54) is 0 Å². The number of hydrogen-bond acceptors (Lipinski definition) is 6. The maximum absolute atomic E-state index is 11.0. The summed E-state index contributed by atoms with van der Waals surface area (Å²) in [6.07, 6.45) is 3.36. The first-order valence-corrected chi connectivity index (χ1v) is 8.51. The molecule has 2 aromatic carbocycles. The zero-order chi connectivity index (χ0) is 19.3. The van der Waals surface area contributed by atoms with E-state index in [4.69, 9.17) is 5.11 Å². The van der Waals surface area contributed by atoms with E-state index in [0.717, 1.165) is 16.8 Å². The average molecular weight is 369 g/mol. The van der Waals surface area contributed by atoms with Crippen LogP contribution in [0.25, 0.3) is 10.9 Å². The van der Waals surface area contributed by atoms with Gasteiger partial charge in [-0.05, 0) is 60.7 Å². The van der Waals surface area contributed by atoms with Gasteiger partial charge in [0.1, 0.15) is 5.69 Å². The lowest BCUT2D eigenvalue weighted by Crippen LogP contribution is -1.97. The van der Waals surface area contributed by atoms with Crippen LogP contribution >= 0.6 is 0 Å². The van der Waals surface area contributed by atoms with Gasteiger partial charge in [-0.15, -0.1) is 10.2 Å². The van der Waals surface area contributed by atoms with Gasteiger partial charge < -0.3 is 10.4 Å². The van der Waals surface area contributed by atoms with Crippen LogP contribution in [0.1, 0.15) is 10.4 Å². The summed E-state index contributed by atoms with van der Waals surface area (Å²) >= 11 is 0. The van der Waals surface area contributed by atoms with Crippen LogP contribution in [0.15, 0.2) is 89.4 Å². The molecule has 4 rings (SSSR count). The second kappa shape index (κ2) is 7.63. The van der Waals surface area contributed by atoms with Gasteiger partial charge in [0.2, 0.25) is 0 Å². The van der Waals surface area contributed by atoms with E-state index in [2.05, 4.69) is 25.5 Å². The number of carbonyl (C=O) groups is 1. The first kappa shape index (κ1) is 17.3. The number of nitrogens with one attached hydrogen (secondary N) is 1. The van der Waals surface area contributed by atoms with Crippen LogP contribution < -0.4 is 5.32 Å². The first-order valence-electron chi connectivity index (χ1n) is 8.51. The summed E-state index contributed by atoms with van der Waals surface area (Å²) in [7, 11) is 0. The number of aromatic carboxylic acids is 1. The number of carboxylic acids is 1. The van der Waals surface area contributed by atoms with Crippen molar-refractivity contribution in [2.45, 2.75) is 0 Å². The minimum atomic E-state index is -0.955. The Balaban J connectivity index is 1.67. The van der Waals surface area contributed by atoms with Crippen LogP contribution in [-0.2, 0) is 0 Å². The molecule has 7 nitrogen and oxygen atoms in total. The quantitative estimate of drug-likeness (QED) is 0.453. The number of azo groups is 1. The van der Waals surface area contributed by atoms with E-state index in [1.54, 1.807) is 42.7 Å². The van der Waals surface area contributed by atoms with E-state index in [0.29, 0.717) is 17.0 Å². The molecule has 2 N–H and O–H groups in total. The van der Waals surface area contributed by atoms with Gasteiger partial charge in [-0.3, -0.25) is 4.98 Å². The van der Waals surface area contributed by atoms with Crippen molar-refractivity contribution in [2.24, 2.45) is 10.2 Å². The Kier molecular flexibility index (Phi) is 4.71. The number of fused-ring (bicyclic) bond motifs is 1. The molecule has 136 valence electrons. The number of nitrogens with zero attached hydrogens (tertiary/aromatic N) is 4. The Morgan fingerprint density at radius 3 is 2.43 bits per heavy atom. The second-order valence-corrected chi connectivity index (χ2v) is 5.93. The van der Waals surface area contributed by atoms with Crippen molar-refractivity contribution >= 4 is 39.8 Å². The van der Waals surface area contributed by atoms with E-state index < -0.39 is 5.97 Å². The van der Waals surface area contributed by atoms with Gasteiger partial charge in [-0.25, -0.2) is 9.78 Å². The van der Waals surface area contributed by atoms with Gasteiger partial charge in [-0.2, -0.15) is 0 Å². The number of pyridine rings is 2. The molecular weight excluding hydrogens is 354 g/mol. The highest BCUT2D eigenvalue weighted by atomic mass is 16.4. The summed E-state index contributed by atoms with van der Waals surface area (Å²) < 4.78 is 0. The SMILES string of the molecule is O=C(O)c1ccc(Nc2ccc(/N=N/c3ccccn3)c3ncccc23)cc1. The molecular formula is C21H15N5O2. The Morgan fingerprint density at radius 2 is 1.68 bits per heavy atom. The number of benzene rings is 2. The molecule has 0 aliphatic rings. The van der Waals surface area contributed by atoms with Crippen molar-refractivity contribution in [3.05, 3.63) is 84.7 Å². The molecule has 0 aliphatic heterocycles. The van der Waals surface area contributed by atoms with E-state index in [-0.39, 0.29) is 5.56 Å². The van der Waals surface area contributed by atoms with Gasteiger partial charge in [-0.1, -0.05) is 6.07 Å². The number of rotatable bonds is 5. The fraction of sp³-hybridized carbons (Fsp3) is 0. The second-order valence-electron chi connectivity index (χ2n) is 5.93. The molecule has 0 saturated carbocycles. The third-order valence-electron chi connectivity index (χ3n) is 4.07. The van der Waals surface area contributed by atoms with Crippen LogP contribution in [0.3, 0.4) is 0 Å². The first-order chi connectivity index (χ1) is 13.7. The number of anilines is 2. The van der Waals surface area contributed by atoms with Crippen molar-refractivity contribution in [3.8, 4) is 0 Å². The molecule has 0 spiro atoms. The largest absolute Gasteiger partial charge is 0.478 e. The predicted molar refractivity (Wildman–Crippen MR) is 107 cm³/mol. The third-order valence-corrected chi connectivity index (χ3v) is 4.07. The van der Waals surface area contributed by atoms with Crippen LogP contribution in [-0.4, -0.2) is 21.0 Å². The summed E-state index contributed by atoms with van der Waals surface area (Å²) in [6, 6.07) is 19.5. The lowest BCUT2D eigenvalue weighted by Gasteiger charge is -2.11. The lowest BCUT2D eigenvalue weighted by atomic mass is 10.1. The normalized spacial score (nSPS) is 11.0. The van der Waals surface area contributed by atoms with Crippen LogP contribution in [0.4, 0.5) is 22.9 Å². The van der Waals surface area contributed by atoms with Crippen molar-refractivity contribution in [1.82, 2.24) is 9.97 Å². The number of carboxylic acid groups (broad SMARTS) is 1. The number of hydrogen-bond donors (Lipinski definition) is 2. The van der Waals surface area contributed by atoms with E-state index >= 15 is 0 Å². The molecule has 0 fully saturated rings. The summed E-state index contributed by atoms with van der Waals surface area (Å²) in [5.41, 5.74) is 3.19. The van der Waals surface area contributed by atoms with Gasteiger partial charge in [0.15, 0.2) is 5.82 Å². The van der Waals surface area contributed by atoms with E-state index in [9.17, 15) is 4.79 Å².